The molecule has 0 aliphatic rings. The van der Waals surface area contributed by atoms with Gasteiger partial charge < -0.3 is 10.5 Å². The van der Waals surface area contributed by atoms with E-state index in [1.54, 1.807) is 11.8 Å². The summed E-state index contributed by atoms with van der Waals surface area (Å²) in [6, 6.07) is 35.3. The lowest BCUT2D eigenvalue weighted by Gasteiger charge is -2.18. The van der Waals surface area contributed by atoms with Crippen molar-refractivity contribution in [2.75, 3.05) is 5.73 Å². The molecule has 2 N–H and O–H groups in total. The molecule has 4 rings (SSSR count). The van der Waals surface area contributed by atoms with E-state index in [4.69, 9.17) is 10.5 Å². The maximum Gasteiger partial charge on any atom is 0.168 e. The van der Waals surface area contributed by atoms with Crippen molar-refractivity contribution >= 4 is 23.2 Å². The van der Waals surface area contributed by atoms with Crippen molar-refractivity contribution in [1.29, 1.82) is 0 Å². The maximum absolute atomic E-state index is 13.4. The Balaban J connectivity index is 1.55. The Hall–Kier alpha value is -3.50. The highest BCUT2D eigenvalue weighted by Crippen LogP contribution is 2.41. The van der Waals surface area contributed by atoms with Crippen LogP contribution in [0.25, 0.3) is 0 Å². The summed E-state index contributed by atoms with van der Waals surface area (Å²) in [6.45, 7) is 0.419. The largest absolute Gasteiger partial charge is 0.488 e. The first kappa shape index (κ1) is 21.7. The van der Waals surface area contributed by atoms with Crippen LogP contribution in [-0.4, -0.2) is 5.78 Å². The highest BCUT2D eigenvalue weighted by atomic mass is 32.2. The van der Waals surface area contributed by atoms with Gasteiger partial charge in [-0.2, -0.15) is 0 Å². The highest BCUT2D eigenvalue weighted by Gasteiger charge is 2.21. The zero-order valence-corrected chi connectivity index (χ0v) is 18.5. The predicted molar refractivity (Wildman–Crippen MR) is 132 cm³/mol. The van der Waals surface area contributed by atoms with Crippen molar-refractivity contribution in [1.82, 2.24) is 0 Å². The number of carbonyl (C=O) groups is 1. The molecule has 0 aliphatic heterocycles. The normalized spacial score (nSPS) is 11.6. The van der Waals surface area contributed by atoms with E-state index in [2.05, 4.69) is 12.1 Å². The molecule has 3 nitrogen and oxygen atoms in total. The van der Waals surface area contributed by atoms with Crippen LogP contribution in [-0.2, 0) is 6.61 Å². The second-order valence-corrected chi connectivity index (χ2v) is 8.70. The fourth-order valence-corrected chi connectivity index (χ4v) is 4.67. The monoisotopic (exact) mass is 439 g/mol. The molecular formula is C28H25NO2S. The summed E-state index contributed by atoms with van der Waals surface area (Å²) in [5.41, 5.74) is 9.66. The van der Waals surface area contributed by atoms with Gasteiger partial charge >= 0.3 is 0 Å². The molecule has 0 radical (unpaired) electrons. The summed E-state index contributed by atoms with van der Waals surface area (Å²) in [5.74, 6) is 0.655. The van der Waals surface area contributed by atoms with Gasteiger partial charge in [-0.1, -0.05) is 84.9 Å². The van der Waals surface area contributed by atoms with Gasteiger partial charge in [0.1, 0.15) is 12.4 Å². The third-order valence-electron chi connectivity index (χ3n) is 5.16. The molecule has 4 aromatic rings. The summed E-state index contributed by atoms with van der Waals surface area (Å²) in [7, 11) is 0. The molecular weight excluding hydrogens is 414 g/mol. The van der Waals surface area contributed by atoms with E-state index in [0.29, 0.717) is 24.3 Å². The van der Waals surface area contributed by atoms with Crippen LogP contribution in [0.3, 0.4) is 0 Å². The SMILES string of the molecule is Nc1ccccc1S[C@H](CC(=O)c1ccccc1OCc1ccccc1)c1ccccc1. The summed E-state index contributed by atoms with van der Waals surface area (Å²) in [5, 5.41) is -0.0596. The molecule has 0 amide bonds. The first-order chi connectivity index (χ1) is 15.7. The van der Waals surface area contributed by atoms with Gasteiger partial charge in [0, 0.05) is 22.3 Å². The second-order valence-electron chi connectivity index (χ2n) is 7.45. The molecule has 0 unspecified atom stereocenters. The minimum atomic E-state index is -0.0596. The van der Waals surface area contributed by atoms with Gasteiger partial charge in [-0.3, -0.25) is 4.79 Å². The van der Waals surface area contributed by atoms with Gasteiger partial charge in [0.05, 0.1) is 5.56 Å². The molecule has 0 heterocycles. The number of para-hydroxylation sites is 2. The van der Waals surface area contributed by atoms with Crippen LogP contribution in [0.2, 0.25) is 0 Å². The summed E-state index contributed by atoms with van der Waals surface area (Å²) >= 11 is 1.62. The van der Waals surface area contributed by atoms with E-state index in [1.165, 1.54) is 0 Å². The first-order valence-electron chi connectivity index (χ1n) is 10.6. The number of hydrogen-bond acceptors (Lipinski definition) is 4. The molecule has 4 aromatic carbocycles. The van der Waals surface area contributed by atoms with Crippen molar-refractivity contribution in [3.05, 3.63) is 126 Å². The Morgan fingerprint density at radius 2 is 1.41 bits per heavy atom. The van der Waals surface area contributed by atoms with E-state index in [1.807, 2.05) is 97.1 Å². The van der Waals surface area contributed by atoms with Crippen LogP contribution in [0, 0.1) is 0 Å². The minimum absolute atomic E-state index is 0.0458. The zero-order chi connectivity index (χ0) is 22.2. The van der Waals surface area contributed by atoms with Crippen LogP contribution in [0.15, 0.2) is 114 Å². The molecule has 1 atom stereocenters. The Bertz CT molecular complexity index is 1160. The van der Waals surface area contributed by atoms with Gasteiger partial charge in [-0.25, -0.2) is 0 Å². The van der Waals surface area contributed by atoms with Gasteiger partial charge in [0.15, 0.2) is 5.78 Å². The lowest BCUT2D eigenvalue weighted by Crippen LogP contribution is -2.08. The van der Waals surface area contributed by atoms with Gasteiger partial charge in [0.25, 0.3) is 0 Å². The molecule has 0 spiro atoms. The Morgan fingerprint density at radius 1 is 0.781 bits per heavy atom. The number of nitrogens with two attached hydrogens (primary N) is 1. The maximum atomic E-state index is 13.4. The number of ether oxygens (including phenoxy) is 1. The average Bonchev–Trinajstić information content (AvgIpc) is 2.85. The summed E-state index contributed by atoms with van der Waals surface area (Å²) in [4.78, 5) is 14.4. The van der Waals surface area contributed by atoms with Crippen molar-refractivity contribution in [3.8, 4) is 5.75 Å². The number of hydrogen-bond donors (Lipinski definition) is 1. The molecule has 4 heteroatoms. The summed E-state index contributed by atoms with van der Waals surface area (Å²) in [6.07, 6.45) is 0.342. The number of nitrogen functional groups attached to an aromatic ring is 1. The van der Waals surface area contributed by atoms with Crippen LogP contribution in [0.5, 0.6) is 5.75 Å². The Kier molecular flexibility index (Phi) is 7.26. The number of Topliss-reactive ketones (excluding diaryl/α,β-unsaturated/α-hetero) is 1. The van der Waals surface area contributed by atoms with Crippen molar-refractivity contribution < 1.29 is 9.53 Å². The molecule has 0 aromatic heterocycles. The van der Waals surface area contributed by atoms with Gasteiger partial charge in [-0.15, -0.1) is 11.8 Å². The molecule has 160 valence electrons. The Morgan fingerprint density at radius 3 is 2.16 bits per heavy atom. The molecule has 0 fully saturated rings. The highest BCUT2D eigenvalue weighted by molar-refractivity contribution is 7.99. The number of rotatable bonds is 9. The van der Waals surface area contributed by atoms with Crippen molar-refractivity contribution in [3.63, 3.8) is 0 Å². The van der Waals surface area contributed by atoms with E-state index < -0.39 is 0 Å². The standard InChI is InChI=1S/C28H25NO2S/c29-24-16-8-10-18-27(24)32-28(22-13-5-2-6-14-22)19-25(30)23-15-7-9-17-26(23)31-20-21-11-3-1-4-12-21/h1-18,28H,19-20,29H2/t28-/m1/s1. The number of benzene rings is 4. The topological polar surface area (TPSA) is 52.3 Å². The number of ketones is 1. The predicted octanol–water partition coefficient (Wildman–Crippen LogP) is 6.95. The lowest BCUT2D eigenvalue weighted by molar-refractivity contribution is 0.0977. The molecule has 0 aliphatic carbocycles. The molecule has 0 saturated heterocycles. The number of carbonyl (C=O) groups excluding carboxylic acids is 1. The fourth-order valence-electron chi connectivity index (χ4n) is 3.47. The zero-order valence-electron chi connectivity index (χ0n) is 17.7. The fraction of sp³-hybridized carbons (Fsp3) is 0.107. The van der Waals surface area contributed by atoms with E-state index in [-0.39, 0.29) is 11.0 Å². The first-order valence-corrected chi connectivity index (χ1v) is 11.4. The van der Waals surface area contributed by atoms with E-state index in [0.717, 1.165) is 21.7 Å². The van der Waals surface area contributed by atoms with Gasteiger partial charge in [0.2, 0.25) is 0 Å². The van der Waals surface area contributed by atoms with Crippen LogP contribution in [0.1, 0.15) is 33.2 Å². The lowest BCUT2D eigenvalue weighted by atomic mass is 10.0. The van der Waals surface area contributed by atoms with Crippen LogP contribution < -0.4 is 10.5 Å². The quantitative estimate of drug-likeness (QED) is 0.174. The smallest absolute Gasteiger partial charge is 0.168 e. The number of thioether (sulfide) groups is 1. The van der Waals surface area contributed by atoms with Crippen molar-refractivity contribution in [2.45, 2.75) is 23.2 Å². The number of anilines is 1. The average molecular weight is 440 g/mol. The minimum Gasteiger partial charge on any atom is -0.488 e. The van der Waals surface area contributed by atoms with Crippen LogP contribution in [0.4, 0.5) is 5.69 Å². The van der Waals surface area contributed by atoms with Crippen LogP contribution >= 0.6 is 11.8 Å². The summed E-state index contributed by atoms with van der Waals surface area (Å²) < 4.78 is 6.02. The van der Waals surface area contributed by atoms with E-state index in [9.17, 15) is 4.79 Å². The third-order valence-corrected chi connectivity index (χ3v) is 6.50. The molecule has 0 saturated carbocycles. The molecule has 32 heavy (non-hydrogen) atoms. The van der Waals surface area contributed by atoms with Gasteiger partial charge in [-0.05, 0) is 35.4 Å². The molecule has 0 bridgehead atoms. The Labute approximate surface area is 193 Å². The third kappa shape index (κ3) is 5.59. The van der Waals surface area contributed by atoms with E-state index >= 15 is 0 Å². The van der Waals surface area contributed by atoms with Crippen molar-refractivity contribution in [2.24, 2.45) is 0 Å². The second kappa shape index (κ2) is 10.7.